The van der Waals surface area contributed by atoms with Gasteiger partial charge in [0.05, 0.1) is 36.6 Å². The molecule has 10 nitrogen and oxygen atoms in total. The second-order valence-electron chi connectivity index (χ2n) is 14.4. The average Bonchev–Trinajstić information content (AvgIpc) is 3.77. The van der Waals surface area contributed by atoms with Gasteiger partial charge in [-0.15, -0.1) is 13.2 Å². The van der Waals surface area contributed by atoms with Crippen LogP contribution in [0, 0.1) is 31.6 Å². The summed E-state index contributed by atoms with van der Waals surface area (Å²) in [5, 5.41) is 13.7. The highest BCUT2D eigenvalue weighted by molar-refractivity contribution is 6.05. The molecule has 0 saturated carbocycles. The van der Waals surface area contributed by atoms with Crippen molar-refractivity contribution in [3.05, 3.63) is 90.5 Å². The lowest BCUT2D eigenvalue weighted by atomic mass is 9.70. The number of nitrogens with one attached hydrogen (secondary N) is 1. The number of nitrogens with zero attached hydrogens (tertiary/aromatic N) is 2. The third-order valence-corrected chi connectivity index (χ3v) is 11.1. The molecule has 0 radical (unpaired) electrons. The number of aliphatic hydroxyl groups excluding tert-OH is 1. The van der Waals surface area contributed by atoms with Gasteiger partial charge in [0.15, 0.2) is 0 Å². The molecule has 9 atom stereocenters. The SMILES string of the molecule is C=CCCC(=O)N[C@@H](C)[C@H](OC(=O)[C@@H]1[C@@H]2CC[C@]3(O2)[C@H](C(=O)N(CC=C)c2cc(C)ccc2C)N([C@@H](CO)[C@@H](C)CC)C(=O)[C@@H]13)c1ccccc1. The van der Waals surface area contributed by atoms with E-state index in [1.54, 1.807) is 24.0 Å². The predicted molar refractivity (Wildman–Crippen MR) is 196 cm³/mol. The van der Waals surface area contributed by atoms with E-state index < -0.39 is 59.6 Å². The third kappa shape index (κ3) is 7.13. The normalized spacial score (nSPS) is 25.8. The van der Waals surface area contributed by atoms with Gasteiger partial charge in [0.1, 0.15) is 17.7 Å². The first-order chi connectivity index (χ1) is 24.4. The Balaban J connectivity index is 1.54. The molecule has 3 aliphatic heterocycles. The molecule has 0 unspecified atom stereocenters. The van der Waals surface area contributed by atoms with E-state index in [1.807, 2.05) is 76.2 Å². The Bertz CT molecular complexity index is 1630. The van der Waals surface area contributed by atoms with Crippen molar-refractivity contribution < 1.29 is 33.8 Å². The van der Waals surface area contributed by atoms with Gasteiger partial charge in [-0.25, -0.2) is 0 Å². The number of carbonyl (C=O) groups is 4. The predicted octanol–water partition coefficient (Wildman–Crippen LogP) is 5.36. The molecule has 5 rings (SSSR count). The number of hydrogen-bond donors (Lipinski definition) is 2. The third-order valence-electron chi connectivity index (χ3n) is 11.1. The van der Waals surface area contributed by atoms with E-state index in [0.717, 1.165) is 11.1 Å². The number of benzene rings is 2. The molecule has 3 saturated heterocycles. The van der Waals surface area contributed by atoms with Gasteiger partial charge in [-0.1, -0.05) is 74.9 Å². The van der Waals surface area contributed by atoms with Crippen molar-refractivity contribution in [1.29, 1.82) is 0 Å². The molecule has 3 heterocycles. The zero-order chi connectivity index (χ0) is 37.0. The van der Waals surface area contributed by atoms with Crippen LogP contribution in [0.1, 0.15) is 75.7 Å². The highest BCUT2D eigenvalue weighted by Gasteiger charge is 2.76. The monoisotopic (exact) mass is 699 g/mol. The van der Waals surface area contributed by atoms with Crippen LogP contribution in [0.3, 0.4) is 0 Å². The number of allylic oxidation sites excluding steroid dienone is 1. The van der Waals surface area contributed by atoms with E-state index >= 15 is 4.79 Å². The number of amides is 3. The maximum Gasteiger partial charge on any atom is 0.313 e. The quantitative estimate of drug-likeness (QED) is 0.179. The number of fused-ring (bicyclic) bond motifs is 1. The average molecular weight is 700 g/mol. The van der Waals surface area contributed by atoms with Gasteiger partial charge in [-0.05, 0) is 68.7 Å². The van der Waals surface area contributed by atoms with Gasteiger partial charge >= 0.3 is 5.97 Å². The molecular weight excluding hydrogens is 646 g/mol. The maximum absolute atomic E-state index is 15.1. The summed E-state index contributed by atoms with van der Waals surface area (Å²) in [5.74, 6) is -3.66. The fourth-order valence-corrected chi connectivity index (χ4v) is 8.34. The van der Waals surface area contributed by atoms with Crippen LogP contribution in [-0.2, 0) is 28.7 Å². The number of likely N-dealkylation sites (tertiary alicyclic amines) is 1. The zero-order valence-corrected chi connectivity index (χ0v) is 30.5. The van der Waals surface area contributed by atoms with Crippen LogP contribution in [0.5, 0.6) is 0 Å². The Labute approximate surface area is 301 Å². The van der Waals surface area contributed by atoms with Gasteiger partial charge in [0.2, 0.25) is 11.8 Å². The van der Waals surface area contributed by atoms with Gasteiger partial charge in [0.25, 0.3) is 5.91 Å². The molecule has 2 N–H and O–H groups in total. The number of carbonyl (C=O) groups excluding carboxylic acids is 4. The number of aryl methyl sites for hydroxylation is 2. The lowest BCUT2D eigenvalue weighted by molar-refractivity contribution is -0.162. The van der Waals surface area contributed by atoms with Crippen molar-refractivity contribution in [2.45, 2.75) is 103 Å². The number of aliphatic hydroxyl groups is 1. The molecule has 2 bridgehead atoms. The number of rotatable bonds is 16. The van der Waals surface area contributed by atoms with E-state index in [-0.39, 0.29) is 37.3 Å². The molecular formula is C41H53N3O7. The number of esters is 1. The van der Waals surface area contributed by atoms with Crippen LogP contribution in [-0.4, -0.2) is 76.7 Å². The first-order valence-electron chi connectivity index (χ1n) is 18.2. The van der Waals surface area contributed by atoms with E-state index in [0.29, 0.717) is 36.9 Å². The fraction of sp³-hybridized carbons (Fsp3) is 0.512. The van der Waals surface area contributed by atoms with Crippen molar-refractivity contribution in [3.8, 4) is 0 Å². The molecule has 3 aliphatic rings. The summed E-state index contributed by atoms with van der Waals surface area (Å²) in [6.45, 7) is 17.1. The molecule has 2 aromatic rings. The van der Waals surface area contributed by atoms with Crippen LogP contribution in [0.15, 0.2) is 73.8 Å². The van der Waals surface area contributed by atoms with Gasteiger partial charge in [-0.2, -0.15) is 0 Å². The second-order valence-corrected chi connectivity index (χ2v) is 14.4. The van der Waals surface area contributed by atoms with E-state index in [9.17, 15) is 19.5 Å². The van der Waals surface area contributed by atoms with E-state index in [4.69, 9.17) is 9.47 Å². The van der Waals surface area contributed by atoms with Crippen molar-refractivity contribution >= 4 is 29.4 Å². The Kier molecular flexibility index (Phi) is 11.9. The van der Waals surface area contributed by atoms with Crippen molar-refractivity contribution in [1.82, 2.24) is 10.2 Å². The molecule has 274 valence electrons. The molecule has 1 spiro atoms. The summed E-state index contributed by atoms with van der Waals surface area (Å²) in [4.78, 5) is 60.3. The maximum atomic E-state index is 15.1. The summed E-state index contributed by atoms with van der Waals surface area (Å²) in [5.41, 5.74) is 1.96. The first-order valence-corrected chi connectivity index (χ1v) is 18.2. The summed E-state index contributed by atoms with van der Waals surface area (Å²) in [6, 6.07) is 12.7. The lowest BCUT2D eigenvalue weighted by Gasteiger charge is -2.41. The van der Waals surface area contributed by atoms with Crippen molar-refractivity contribution in [2.75, 3.05) is 18.1 Å². The minimum absolute atomic E-state index is 0.145. The van der Waals surface area contributed by atoms with Crippen LogP contribution >= 0.6 is 0 Å². The number of ether oxygens (including phenoxy) is 2. The van der Waals surface area contributed by atoms with Crippen molar-refractivity contribution in [2.24, 2.45) is 17.8 Å². The number of hydrogen-bond acceptors (Lipinski definition) is 7. The smallest absolute Gasteiger partial charge is 0.313 e. The summed E-state index contributed by atoms with van der Waals surface area (Å²) < 4.78 is 13.0. The Morgan fingerprint density at radius 1 is 1.14 bits per heavy atom. The molecule has 3 fully saturated rings. The molecule has 2 aromatic carbocycles. The first kappa shape index (κ1) is 38.0. The van der Waals surface area contributed by atoms with E-state index in [1.165, 1.54) is 4.90 Å². The Morgan fingerprint density at radius 2 is 1.86 bits per heavy atom. The van der Waals surface area contributed by atoms with E-state index in [2.05, 4.69) is 18.5 Å². The lowest BCUT2D eigenvalue weighted by Crippen LogP contribution is -2.60. The van der Waals surface area contributed by atoms with Gasteiger partial charge in [-0.3, -0.25) is 19.2 Å². The summed E-state index contributed by atoms with van der Waals surface area (Å²) in [7, 11) is 0. The van der Waals surface area contributed by atoms with Crippen LogP contribution in [0.4, 0.5) is 5.69 Å². The fourth-order valence-electron chi connectivity index (χ4n) is 8.34. The van der Waals surface area contributed by atoms with Gasteiger partial charge in [0, 0.05) is 18.7 Å². The minimum Gasteiger partial charge on any atom is -0.455 e. The summed E-state index contributed by atoms with van der Waals surface area (Å²) in [6.07, 6.45) is 4.13. The molecule has 0 aromatic heterocycles. The summed E-state index contributed by atoms with van der Waals surface area (Å²) >= 11 is 0. The molecule has 3 amide bonds. The molecule has 10 heteroatoms. The van der Waals surface area contributed by atoms with Crippen LogP contribution in [0.25, 0.3) is 0 Å². The van der Waals surface area contributed by atoms with Crippen LogP contribution < -0.4 is 10.2 Å². The Morgan fingerprint density at radius 3 is 2.51 bits per heavy atom. The highest BCUT2D eigenvalue weighted by Crippen LogP contribution is 2.60. The molecule has 51 heavy (non-hydrogen) atoms. The standard InChI is InChI=1S/C41H53N3O7/c1-8-11-17-33(46)42-28(7)36(29-15-13-12-14-16-29)50-40(49)34-32-20-21-41(51-32)35(34)38(47)44(31(24-45)26(5)10-3)37(41)39(48)43(22-9-2)30-23-25(4)18-19-27(30)6/h8-9,12-16,18-19,23,26,28,31-32,34-37,45H,1-2,10-11,17,20-22,24H2,3-7H3,(H,42,46)/t26-,28-,31-,32-,34+,35+,36-,37-,41+/m0/s1. The largest absolute Gasteiger partial charge is 0.455 e. The van der Waals surface area contributed by atoms with Gasteiger partial charge < -0.3 is 29.7 Å². The Hall–Kier alpha value is -4.28. The topological polar surface area (TPSA) is 125 Å². The minimum atomic E-state index is -1.30. The van der Waals surface area contributed by atoms with Crippen molar-refractivity contribution in [3.63, 3.8) is 0 Å². The van der Waals surface area contributed by atoms with Crippen LogP contribution in [0.2, 0.25) is 0 Å². The zero-order valence-electron chi connectivity index (χ0n) is 30.5. The molecule has 0 aliphatic carbocycles. The number of anilines is 1. The highest BCUT2D eigenvalue weighted by atomic mass is 16.6. The second kappa shape index (κ2) is 15.9.